The molecule has 12 heavy (non-hydrogen) atoms. The summed E-state index contributed by atoms with van der Waals surface area (Å²) in [4.78, 5) is 17.6. The first kappa shape index (κ1) is 11.4. The monoisotopic (exact) mass is 273 g/mol. The molecule has 2 radical (unpaired) electrons. The zero-order chi connectivity index (χ0) is 8.27. The van der Waals surface area contributed by atoms with Gasteiger partial charge in [-0.2, -0.15) is 0 Å². The second kappa shape index (κ2) is 5.15. The van der Waals surface area contributed by atoms with Crippen molar-refractivity contribution in [1.82, 2.24) is 9.97 Å². The van der Waals surface area contributed by atoms with Gasteiger partial charge in [-0.3, -0.25) is 0 Å². The molecule has 5 nitrogen and oxygen atoms in total. The molecule has 62 valence electrons. The number of imidazole rings is 1. The Balaban J connectivity index is 0.00000121. The molecule has 6 heteroatoms. The van der Waals surface area contributed by atoms with Gasteiger partial charge in [-0.05, 0) is 6.42 Å². The summed E-state index contributed by atoms with van der Waals surface area (Å²) in [6, 6.07) is -0.994. The number of aromatic nitrogens is 2. The molecule has 2 N–H and O–H groups in total. The first-order valence-corrected chi connectivity index (χ1v) is 3.08. The van der Waals surface area contributed by atoms with Gasteiger partial charge in [-0.15, -0.1) is 0 Å². The summed E-state index contributed by atoms with van der Waals surface area (Å²) in [6.07, 6.45) is 2.99. The topological polar surface area (TPSA) is 93.1 Å². The van der Waals surface area contributed by atoms with Crippen molar-refractivity contribution in [2.45, 2.75) is 12.5 Å². The predicted octanol–water partition coefficient (Wildman–Crippen LogP) is -2.72. The summed E-state index contributed by atoms with van der Waals surface area (Å²) in [5.41, 5.74) is 5.75. The third kappa shape index (κ3) is 3.22. The van der Waals surface area contributed by atoms with Crippen LogP contribution in [-0.4, -0.2) is 40.9 Å². The van der Waals surface area contributed by atoms with Crippen LogP contribution in [0.1, 0.15) is 5.69 Å². The van der Waals surface area contributed by atoms with E-state index in [-0.39, 0.29) is 30.3 Å². The van der Waals surface area contributed by atoms with Crippen LogP contribution in [-0.2, 0) is 11.2 Å². The van der Waals surface area contributed by atoms with Gasteiger partial charge in [-0.1, -0.05) is 18.2 Å². The Kier molecular flexibility index (Phi) is 4.91. The van der Waals surface area contributed by atoms with Crippen LogP contribution in [0, 0.1) is 0 Å². The fourth-order valence-corrected chi connectivity index (χ4v) is 0.674. The van der Waals surface area contributed by atoms with Crippen LogP contribution in [0.2, 0.25) is 0 Å². The number of aliphatic carboxylic acids is 1. The molecule has 0 aliphatic rings. The standard InChI is InChI=1S/C6H9N3O2.Sn/c7-5(6(10)11)1-4-2-8-3-9-4;/h2-3,5H,1,7H2,(H2,8,9,10,11);/q;+2/p-2. The van der Waals surface area contributed by atoms with Crippen LogP contribution in [0.5, 0.6) is 0 Å². The van der Waals surface area contributed by atoms with E-state index in [4.69, 9.17) is 5.73 Å². The molecule has 0 fully saturated rings. The normalized spacial score (nSPS) is 11.8. The molecule has 1 aromatic rings. The van der Waals surface area contributed by atoms with Crippen molar-refractivity contribution < 1.29 is 9.90 Å². The maximum atomic E-state index is 10.1. The SMILES string of the molecule is NC(Cc1c[n-]cn1)C(=O)[O-].[Sn+2]. The molecule has 1 rings (SSSR count). The summed E-state index contributed by atoms with van der Waals surface area (Å²) in [5, 5.41) is 10.1. The Bertz CT molecular complexity index is 237. The van der Waals surface area contributed by atoms with Crippen molar-refractivity contribution in [2.24, 2.45) is 5.73 Å². The van der Waals surface area contributed by atoms with E-state index < -0.39 is 12.0 Å². The summed E-state index contributed by atoms with van der Waals surface area (Å²) in [5.74, 6) is -1.27. The molecule has 0 bridgehead atoms. The van der Waals surface area contributed by atoms with Gasteiger partial charge < -0.3 is 25.6 Å². The number of hydrogen-bond donors (Lipinski definition) is 1. The fourth-order valence-electron chi connectivity index (χ4n) is 0.674. The molecule has 0 amide bonds. The molecule has 1 atom stereocenters. The number of hydrogen-bond acceptors (Lipinski definition) is 4. The van der Waals surface area contributed by atoms with Crippen molar-refractivity contribution in [3.63, 3.8) is 0 Å². The molecule has 1 heterocycles. The smallest absolute Gasteiger partial charge is 0.548 e. The summed E-state index contributed by atoms with van der Waals surface area (Å²) in [6.45, 7) is 0. The van der Waals surface area contributed by atoms with Gasteiger partial charge in [0.1, 0.15) is 0 Å². The Morgan fingerprint density at radius 1 is 1.83 bits per heavy atom. The number of rotatable bonds is 3. The maximum Gasteiger partial charge on any atom is 2.00 e. The quantitative estimate of drug-likeness (QED) is 0.603. The molecule has 0 aliphatic heterocycles. The first-order chi connectivity index (χ1) is 5.20. The molecular weight excluding hydrogens is 265 g/mol. The second-order valence-electron chi connectivity index (χ2n) is 2.14. The number of nitrogens with two attached hydrogens (primary N) is 1. The van der Waals surface area contributed by atoms with E-state index in [1.165, 1.54) is 12.5 Å². The second-order valence-corrected chi connectivity index (χ2v) is 2.14. The summed E-state index contributed by atoms with van der Waals surface area (Å²) >= 11 is 0. The van der Waals surface area contributed by atoms with Crippen molar-refractivity contribution in [3.8, 4) is 0 Å². The van der Waals surface area contributed by atoms with Gasteiger partial charge in [0.15, 0.2) is 0 Å². The molecule has 1 aromatic heterocycles. The van der Waals surface area contributed by atoms with E-state index in [9.17, 15) is 9.90 Å². The van der Waals surface area contributed by atoms with Crippen molar-refractivity contribution in [2.75, 3.05) is 0 Å². The van der Waals surface area contributed by atoms with E-state index in [2.05, 4.69) is 9.97 Å². The zero-order valence-electron chi connectivity index (χ0n) is 6.23. The summed E-state index contributed by atoms with van der Waals surface area (Å²) < 4.78 is 0. The van der Waals surface area contributed by atoms with Gasteiger partial charge in [0.05, 0.1) is 5.97 Å². The van der Waals surface area contributed by atoms with E-state index in [0.717, 1.165) is 0 Å². The minimum Gasteiger partial charge on any atom is -0.548 e. The van der Waals surface area contributed by atoms with Crippen LogP contribution < -0.4 is 15.8 Å². The van der Waals surface area contributed by atoms with Gasteiger partial charge in [0, 0.05) is 6.04 Å². The van der Waals surface area contributed by atoms with Crippen LogP contribution >= 0.6 is 0 Å². The number of carbonyl (C=O) groups is 1. The Morgan fingerprint density at radius 3 is 2.92 bits per heavy atom. The molecule has 0 spiro atoms. The van der Waals surface area contributed by atoms with Crippen LogP contribution in [0.4, 0.5) is 0 Å². The van der Waals surface area contributed by atoms with Gasteiger partial charge in [0.25, 0.3) is 0 Å². The van der Waals surface area contributed by atoms with Gasteiger partial charge in [0.2, 0.25) is 0 Å². The molecular formula is C6H7N3O2Sn. The Labute approximate surface area is 86.3 Å². The largest absolute Gasteiger partial charge is 2.00 e. The Morgan fingerprint density at radius 2 is 2.50 bits per heavy atom. The fraction of sp³-hybridized carbons (Fsp3) is 0.333. The number of nitrogens with zero attached hydrogens (tertiary/aromatic N) is 2. The molecule has 0 saturated heterocycles. The van der Waals surface area contributed by atoms with Crippen LogP contribution in [0.25, 0.3) is 0 Å². The average Bonchev–Trinajstić information content (AvgIpc) is 2.39. The Hall–Kier alpha value is -0.561. The van der Waals surface area contributed by atoms with Crippen LogP contribution in [0.3, 0.4) is 0 Å². The predicted molar refractivity (Wildman–Crippen MR) is 40.0 cm³/mol. The third-order valence-electron chi connectivity index (χ3n) is 1.25. The van der Waals surface area contributed by atoms with Crippen molar-refractivity contribution >= 4 is 29.9 Å². The summed E-state index contributed by atoms with van der Waals surface area (Å²) in [7, 11) is 0. The maximum absolute atomic E-state index is 10.1. The van der Waals surface area contributed by atoms with E-state index in [1.807, 2.05) is 0 Å². The van der Waals surface area contributed by atoms with E-state index in [1.54, 1.807) is 0 Å². The number of carbonyl (C=O) groups excluding carboxylic acids is 1. The number of carboxylic acids is 1. The van der Waals surface area contributed by atoms with Crippen LogP contribution in [0.15, 0.2) is 12.5 Å². The molecule has 1 unspecified atom stereocenters. The minimum atomic E-state index is -1.27. The molecule has 0 aliphatic carbocycles. The minimum absolute atomic E-state index is 0. The first-order valence-electron chi connectivity index (χ1n) is 3.08. The van der Waals surface area contributed by atoms with Crippen molar-refractivity contribution in [1.29, 1.82) is 0 Å². The zero-order valence-corrected chi connectivity index (χ0v) is 9.08. The van der Waals surface area contributed by atoms with Gasteiger partial charge >= 0.3 is 23.9 Å². The average molecular weight is 272 g/mol. The van der Waals surface area contributed by atoms with E-state index >= 15 is 0 Å². The third-order valence-corrected chi connectivity index (χ3v) is 1.25. The number of carboxylic acid groups (broad SMARTS) is 1. The van der Waals surface area contributed by atoms with Crippen molar-refractivity contribution in [3.05, 3.63) is 18.2 Å². The van der Waals surface area contributed by atoms with E-state index in [0.29, 0.717) is 5.69 Å². The van der Waals surface area contributed by atoms with Gasteiger partial charge in [-0.25, -0.2) is 0 Å². The molecule has 0 aromatic carbocycles. The molecule has 0 saturated carbocycles.